The molecule has 0 aliphatic carbocycles. The van der Waals surface area contributed by atoms with Crippen molar-refractivity contribution in [3.05, 3.63) is 59.4 Å². The van der Waals surface area contributed by atoms with Gasteiger partial charge in [-0.2, -0.15) is 0 Å². The predicted octanol–water partition coefficient (Wildman–Crippen LogP) is 0.595. The summed E-state index contributed by atoms with van der Waals surface area (Å²) in [5, 5.41) is 0. The molecule has 4 rings (SSSR count). The molecule has 1 N–H and O–H groups in total. The summed E-state index contributed by atoms with van der Waals surface area (Å²) in [5.74, 6) is -1.28. The maximum atomic E-state index is 12.6. The number of imide groups is 1. The third-order valence-corrected chi connectivity index (χ3v) is 4.92. The van der Waals surface area contributed by atoms with E-state index in [1.165, 1.54) is 0 Å². The van der Waals surface area contributed by atoms with Gasteiger partial charge < -0.3 is 14.8 Å². The molecule has 0 atom stereocenters. The summed E-state index contributed by atoms with van der Waals surface area (Å²) in [6.07, 6.45) is 1.69. The van der Waals surface area contributed by atoms with Crippen LogP contribution in [-0.2, 0) is 4.79 Å². The van der Waals surface area contributed by atoms with Gasteiger partial charge in [-0.25, -0.2) is 0 Å². The number of fused-ring (bicyclic) bond motifs is 1. The molecule has 0 unspecified atom stereocenters. The summed E-state index contributed by atoms with van der Waals surface area (Å²) in [7, 11) is 0. The second kappa shape index (κ2) is 6.71. The number of H-pyrrole nitrogens is 1. The van der Waals surface area contributed by atoms with Crippen LogP contribution in [0, 0.1) is 0 Å². The van der Waals surface area contributed by atoms with Gasteiger partial charge in [0.05, 0.1) is 11.1 Å². The third kappa shape index (κ3) is 2.99. The Bertz CT molecular complexity index is 879. The fourth-order valence-corrected chi connectivity index (χ4v) is 3.41. The molecule has 4 amide bonds. The Balaban J connectivity index is 1.36. The second-order valence-electron chi connectivity index (χ2n) is 6.50. The zero-order valence-electron chi connectivity index (χ0n) is 14.6. The molecule has 1 aromatic carbocycles. The van der Waals surface area contributed by atoms with Crippen molar-refractivity contribution in [1.29, 1.82) is 0 Å². The SMILES string of the molecule is O=C(CN1C(=O)c2ccccc2C1=O)N1CCN(C(=O)c2ccc[nH]2)CC1. The van der Waals surface area contributed by atoms with E-state index in [0.29, 0.717) is 43.0 Å². The number of amides is 4. The molecule has 27 heavy (non-hydrogen) atoms. The predicted molar refractivity (Wildman–Crippen MR) is 95.1 cm³/mol. The van der Waals surface area contributed by atoms with E-state index in [0.717, 1.165) is 4.90 Å². The van der Waals surface area contributed by atoms with Crippen molar-refractivity contribution in [3.8, 4) is 0 Å². The topological polar surface area (TPSA) is 93.8 Å². The van der Waals surface area contributed by atoms with Crippen molar-refractivity contribution >= 4 is 23.6 Å². The molecule has 0 radical (unpaired) electrons. The standard InChI is InChI=1S/C19H18N4O4/c24-16(12-23-17(25)13-4-1-2-5-14(13)18(23)26)21-8-10-22(11-9-21)19(27)15-6-3-7-20-15/h1-7,20H,8-12H2. The minimum absolute atomic E-state index is 0.104. The van der Waals surface area contributed by atoms with E-state index in [2.05, 4.69) is 4.98 Å². The van der Waals surface area contributed by atoms with Gasteiger partial charge in [0.15, 0.2) is 0 Å². The molecule has 2 aliphatic rings. The van der Waals surface area contributed by atoms with Crippen molar-refractivity contribution in [1.82, 2.24) is 19.7 Å². The lowest BCUT2D eigenvalue weighted by Crippen LogP contribution is -2.53. The second-order valence-corrected chi connectivity index (χ2v) is 6.50. The molecule has 3 heterocycles. The number of nitrogens with zero attached hydrogens (tertiary/aromatic N) is 3. The number of carbonyl (C=O) groups is 4. The van der Waals surface area contributed by atoms with Gasteiger partial charge in [-0.05, 0) is 24.3 Å². The van der Waals surface area contributed by atoms with E-state index >= 15 is 0 Å². The Kier molecular flexibility index (Phi) is 4.23. The van der Waals surface area contributed by atoms with Gasteiger partial charge in [0.1, 0.15) is 12.2 Å². The van der Waals surface area contributed by atoms with Gasteiger partial charge in [-0.1, -0.05) is 12.1 Å². The number of hydrogen-bond donors (Lipinski definition) is 1. The van der Waals surface area contributed by atoms with E-state index in [1.807, 2.05) is 0 Å². The highest BCUT2D eigenvalue weighted by Crippen LogP contribution is 2.22. The van der Waals surface area contributed by atoms with Gasteiger partial charge in [-0.15, -0.1) is 0 Å². The van der Waals surface area contributed by atoms with Crippen LogP contribution in [0.3, 0.4) is 0 Å². The number of benzene rings is 1. The highest BCUT2D eigenvalue weighted by Gasteiger charge is 2.37. The lowest BCUT2D eigenvalue weighted by Gasteiger charge is -2.35. The van der Waals surface area contributed by atoms with Crippen LogP contribution in [0.2, 0.25) is 0 Å². The Morgan fingerprint density at radius 2 is 1.44 bits per heavy atom. The average Bonchev–Trinajstić information content (AvgIpc) is 3.32. The molecule has 8 nitrogen and oxygen atoms in total. The first-order valence-electron chi connectivity index (χ1n) is 8.72. The van der Waals surface area contributed by atoms with Gasteiger partial charge in [0.25, 0.3) is 17.7 Å². The van der Waals surface area contributed by atoms with Crippen LogP contribution in [0.25, 0.3) is 0 Å². The minimum Gasteiger partial charge on any atom is -0.357 e. The highest BCUT2D eigenvalue weighted by molar-refractivity contribution is 6.22. The van der Waals surface area contributed by atoms with E-state index in [4.69, 9.17) is 0 Å². The average molecular weight is 366 g/mol. The molecule has 1 saturated heterocycles. The largest absolute Gasteiger partial charge is 0.357 e. The maximum absolute atomic E-state index is 12.6. The minimum atomic E-state index is -0.440. The first-order chi connectivity index (χ1) is 13.1. The van der Waals surface area contributed by atoms with Crippen LogP contribution in [0.4, 0.5) is 0 Å². The van der Waals surface area contributed by atoms with Crippen molar-refractivity contribution in [2.45, 2.75) is 0 Å². The van der Waals surface area contributed by atoms with E-state index < -0.39 is 11.8 Å². The molecule has 0 bridgehead atoms. The summed E-state index contributed by atoms with van der Waals surface area (Å²) in [5.41, 5.74) is 1.18. The number of rotatable bonds is 3. The number of aromatic amines is 1. The quantitative estimate of drug-likeness (QED) is 0.805. The van der Waals surface area contributed by atoms with Crippen LogP contribution in [0.5, 0.6) is 0 Å². The van der Waals surface area contributed by atoms with Crippen LogP contribution in [0.1, 0.15) is 31.2 Å². The van der Waals surface area contributed by atoms with Crippen LogP contribution in [-0.4, -0.2) is 76.0 Å². The van der Waals surface area contributed by atoms with E-state index in [-0.39, 0.29) is 18.4 Å². The molecule has 0 spiro atoms. The molecule has 1 fully saturated rings. The molecule has 8 heteroatoms. The van der Waals surface area contributed by atoms with Gasteiger partial charge in [-0.3, -0.25) is 24.1 Å². The van der Waals surface area contributed by atoms with Crippen molar-refractivity contribution < 1.29 is 19.2 Å². The zero-order chi connectivity index (χ0) is 19.0. The molecular formula is C19H18N4O4. The summed E-state index contributed by atoms with van der Waals surface area (Å²) in [6.45, 7) is 1.28. The first kappa shape index (κ1) is 17.0. The summed E-state index contributed by atoms with van der Waals surface area (Å²) in [4.78, 5) is 56.8. The Labute approximate surface area is 155 Å². The van der Waals surface area contributed by atoms with Crippen LogP contribution >= 0.6 is 0 Å². The van der Waals surface area contributed by atoms with Crippen LogP contribution in [0.15, 0.2) is 42.6 Å². The molecule has 2 aliphatic heterocycles. The number of carbonyl (C=O) groups excluding carboxylic acids is 4. The smallest absolute Gasteiger partial charge is 0.270 e. The molecule has 0 saturated carbocycles. The fraction of sp³-hybridized carbons (Fsp3) is 0.263. The summed E-state index contributed by atoms with van der Waals surface area (Å²) in [6, 6.07) is 10.0. The van der Waals surface area contributed by atoms with E-state index in [1.54, 1.807) is 52.4 Å². The molecule has 138 valence electrons. The van der Waals surface area contributed by atoms with Crippen molar-refractivity contribution in [2.75, 3.05) is 32.7 Å². The van der Waals surface area contributed by atoms with E-state index in [9.17, 15) is 19.2 Å². The molecule has 2 aromatic rings. The lowest BCUT2D eigenvalue weighted by molar-refractivity contribution is -0.132. The van der Waals surface area contributed by atoms with Gasteiger partial charge >= 0.3 is 0 Å². The number of aromatic nitrogens is 1. The third-order valence-electron chi connectivity index (χ3n) is 4.92. The fourth-order valence-electron chi connectivity index (χ4n) is 3.41. The van der Waals surface area contributed by atoms with Gasteiger partial charge in [0.2, 0.25) is 5.91 Å². The number of nitrogens with one attached hydrogen (secondary N) is 1. The normalized spacial score (nSPS) is 16.7. The summed E-state index contributed by atoms with van der Waals surface area (Å²) >= 11 is 0. The Morgan fingerprint density at radius 1 is 0.852 bits per heavy atom. The Morgan fingerprint density at radius 3 is 2.00 bits per heavy atom. The van der Waals surface area contributed by atoms with Crippen molar-refractivity contribution in [3.63, 3.8) is 0 Å². The molecule has 1 aromatic heterocycles. The maximum Gasteiger partial charge on any atom is 0.270 e. The summed E-state index contributed by atoms with van der Waals surface area (Å²) < 4.78 is 0. The van der Waals surface area contributed by atoms with Gasteiger partial charge in [0, 0.05) is 32.4 Å². The Hall–Kier alpha value is -3.42. The first-order valence-corrected chi connectivity index (χ1v) is 8.72. The zero-order valence-corrected chi connectivity index (χ0v) is 14.6. The van der Waals surface area contributed by atoms with Crippen molar-refractivity contribution in [2.24, 2.45) is 0 Å². The van der Waals surface area contributed by atoms with Crippen LogP contribution < -0.4 is 0 Å². The number of hydrogen-bond acceptors (Lipinski definition) is 4. The molecular weight excluding hydrogens is 348 g/mol. The highest BCUT2D eigenvalue weighted by atomic mass is 16.2. The monoisotopic (exact) mass is 366 g/mol. The number of piperazine rings is 1. The lowest BCUT2D eigenvalue weighted by atomic mass is 10.1.